The van der Waals surface area contributed by atoms with E-state index in [0.29, 0.717) is 23.2 Å². The van der Waals surface area contributed by atoms with Gasteiger partial charge in [0.05, 0.1) is 29.3 Å². The Kier molecular flexibility index (Phi) is 13.4. The fraction of sp³-hybridized carbons (Fsp3) is 0.431. The highest BCUT2D eigenvalue weighted by atomic mass is 16.6. The van der Waals surface area contributed by atoms with Gasteiger partial charge in [-0.05, 0) is 91.7 Å². The molecule has 4 aromatic carbocycles. The SMILES string of the molecule is CC(C)[C@H](N)C(=O)NN1C(=O)C(CC2CC2)c2ccccc2-c2ccccc21.CC(C)[C@H](NC(=O)OC(C)(C)C)C(=O)NN1C(=O)C(CC2CC2)c2ccccc2-c2ccccc21. The highest BCUT2D eigenvalue weighted by molar-refractivity contribution is 6.08. The zero-order chi connectivity index (χ0) is 45.2. The average Bonchev–Trinajstić information content (AvgIpc) is 4.20. The second-order valence-corrected chi connectivity index (χ2v) is 19.1. The molecule has 12 heteroatoms. The van der Waals surface area contributed by atoms with Gasteiger partial charge < -0.3 is 15.8 Å². The van der Waals surface area contributed by atoms with E-state index in [1.165, 1.54) is 22.9 Å². The van der Waals surface area contributed by atoms with Gasteiger partial charge in [-0.25, -0.2) is 14.8 Å². The van der Waals surface area contributed by atoms with Crippen molar-refractivity contribution in [1.82, 2.24) is 16.2 Å². The molecule has 0 saturated heterocycles. The van der Waals surface area contributed by atoms with Crippen molar-refractivity contribution in [2.45, 2.75) is 117 Å². The monoisotopic (exact) mass is 854 g/mol. The molecule has 5 amide bonds. The molecule has 4 atom stereocenters. The highest BCUT2D eigenvalue weighted by Crippen LogP contribution is 2.47. The Morgan fingerprint density at radius 1 is 0.619 bits per heavy atom. The quantitative estimate of drug-likeness (QED) is 0.117. The first-order valence-electron chi connectivity index (χ1n) is 22.4. The number of nitrogens with zero attached hydrogens (tertiary/aromatic N) is 2. The van der Waals surface area contributed by atoms with Gasteiger partial charge in [0.1, 0.15) is 11.6 Å². The van der Waals surface area contributed by atoms with Gasteiger partial charge in [-0.1, -0.05) is 138 Å². The summed E-state index contributed by atoms with van der Waals surface area (Å²) in [5.41, 5.74) is 18.3. The van der Waals surface area contributed by atoms with Crippen molar-refractivity contribution in [3.05, 3.63) is 108 Å². The van der Waals surface area contributed by atoms with E-state index in [2.05, 4.69) is 22.2 Å². The number of carbonyl (C=O) groups excluding carboxylic acids is 5. The summed E-state index contributed by atoms with van der Waals surface area (Å²) < 4.78 is 5.36. The molecule has 4 aliphatic rings. The maximum absolute atomic E-state index is 14.0. The van der Waals surface area contributed by atoms with E-state index in [-0.39, 0.29) is 41.4 Å². The van der Waals surface area contributed by atoms with Crippen LogP contribution in [0.2, 0.25) is 0 Å². The third kappa shape index (κ3) is 10.4. The lowest BCUT2D eigenvalue weighted by Gasteiger charge is -2.30. The molecular formula is C51H62N6O6. The summed E-state index contributed by atoms with van der Waals surface area (Å²) in [6.07, 6.45) is 5.48. The van der Waals surface area contributed by atoms with Gasteiger partial charge in [0, 0.05) is 11.1 Å². The van der Waals surface area contributed by atoms with Crippen molar-refractivity contribution in [2.75, 3.05) is 10.0 Å². The molecule has 63 heavy (non-hydrogen) atoms. The largest absolute Gasteiger partial charge is 0.444 e. The number of hydrazine groups is 2. The molecule has 8 rings (SSSR count). The molecule has 2 saturated carbocycles. The minimum atomic E-state index is -0.877. The van der Waals surface area contributed by atoms with E-state index in [4.69, 9.17) is 10.5 Å². The van der Waals surface area contributed by atoms with Gasteiger partial charge in [0.2, 0.25) is 0 Å². The van der Waals surface area contributed by atoms with Crippen LogP contribution in [0, 0.1) is 23.7 Å². The van der Waals surface area contributed by atoms with Crippen LogP contribution in [-0.4, -0.2) is 47.4 Å². The van der Waals surface area contributed by atoms with Gasteiger partial charge in [0.25, 0.3) is 23.6 Å². The number of rotatable bonds is 11. The van der Waals surface area contributed by atoms with Crippen LogP contribution >= 0.6 is 0 Å². The number of hydrogen-bond donors (Lipinski definition) is 4. The first-order valence-corrected chi connectivity index (χ1v) is 22.4. The van der Waals surface area contributed by atoms with E-state index >= 15 is 0 Å². The molecular weight excluding hydrogens is 793 g/mol. The topological polar surface area (TPSA) is 163 Å². The van der Waals surface area contributed by atoms with E-state index < -0.39 is 29.7 Å². The number of nitrogens with one attached hydrogen (secondary N) is 3. The third-order valence-electron chi connectivity index (χ3n) is 12.2. The van der Waals surface area contributed by atoms with Crippen LogP contribution in [0.1, 0.15) is 110 Å². The van der Waals surface area contributed by atoms with Crippen molar-refractivity contribution < 1.29 is 28.7 Å². The molecule has 332 valence electrons. The lowest BCUT2D eigenvalue weighted by molar-refractivity contribution is -0.128. The first kappa shape index (κ1) is 45.0. The Hall–Kier alpha value is -6.01. The van der Waals surface area contributed by atoms with Crippen molar-refractivity contribution >= 4 is 41.1 Å². The summed E-state index contributed by atoms with van der Waals surface area (Å²) in [5.74, 6) is -0.826. The molecule has 2 fully saturated rings. The van der Waals surface area contributed by atoms with Gasteiger partial charge in [-0.2, -0.15) is 0 Å². The molecule has 2 aliphatic heterocycles. The fourth-order valence-corrected chi connectivity index (χ4v) is 8.40. The Bertz CT molecular complexity index is 2350. The molecule has 2 unspecified atom stereocenters. The maximum atomic E-state index is 14.0. The average molecular weight is 855 g/mol. The zero-order valence-electron chi connectivity index (χ0n) is 37.5. The van der Waals surface area contributed by atoms with Gasteiger partial charge >= 0.3 is 6.09 Å². The van der Waals surface area contributed by atoms with Crippen LogP contribution in [0.15, 0.2) is 97.1 Å². The van der Waals surface area contributed by atoms with Crippen LogP contribution in [0.4, 0.5) is 16.2 Å². The lowest BCUT2D eigenvalue weighted by atomic mass is 9.88. The minimum absolute atomic E-state index is 0.0169. The van der Waals surface area contributed by atoms with Crippen molar-refractivity contribution in [2.24, 2.45) is 29.4 Å². The first-order chi connectivity index (χ1) is 30.0. The maximum Gasteiger partial charge on any atom is 0.408 e. The Balaban J connectivity index is 0.000000193. The van der Waals surface area contributed by atoms with Crippen LogP contribution in [0.25, 0.3) is 22.3 Å². The number of alkyl carbamates (subject to hydrolysis) is 1. The van der Waals surface area contributed by atoms with Crippen LogP contribution < -0.4 is 31.9 Å². The predicted octanol–water partition coefficient (Wildman–Crippen LogP) is 8.76. The smallest absolute Gasteiger partial charge is 0.408 e. The molecule has 0 radical (unpaired) electrons. The van der Waals surface area contributed by atoms with E-state index in [9.17, 15) is 24.0 Å². The summed E-state index contributed by atoms with van der Waals surface area (Å²) >= 11 is 0. The number of benzene rings is 4. The lowest BCUT2D eigenvalue weighted by Crippen LogP contribution is -2.57. The summed E-state index contributed by atoms with van der Waals surface area (Å²) in [4.78, 5) is 66.2. The van der Waals surface area contributed by atoms with Gasteiger partial charge in [0.15, 0.2) is 0 Å². The van der Waals surface area contributed by atoms with Crippen LogP contribution in [0.5, 0.6) is 0 Å². The Morgan fingerprint density at radius 2 is 1.02 bits per heavy atom. The number of para-hydroxylation sites is 2. The number of ether oxygens (including phenoxy) is 1. The van der Waals surface area contributed by atoms with Crippen molar-refractivity contribution in [3.63, 3.8) is 0 Å². The molecule has 2 aliphatic carbocycles. The number of fused-ring (bicyclic) bond motifs is 6. The summed E-state index contributed by atoms with van der Waals surface area (Å²) in [6.45, 7) is 12.8. The van der Waals surface area contributed by atoms with Gasteiger partial charge in [-0.15, -0.1) is 0 Å². The fourth-order valence-electron chi connectivity index (χ4n) is 8.40. The summed E-state index contributed by atoms with van der Waals surface area (Å²) in [5, 5.41) is 5.50. The van der Waals surface area contributed by atoms with E-state index in [1.807, 2.05) is 119 Å². The molecule has 0 spiro atoms. The molecule has 2 heterocycles. The minimum Gasteiger partial charge on any atom is -0.444 e. The normalized spacial score (nSPS) is 18.9. The molecule has 5 N–H and O–H groups in total. The van der Waals surface area contributed by atoms with Crippen molar-refractivity contribution in [3.8, 4) is 22.3 Å². The number of nitrogens with two attached hydrogens (primary N) is 1. The number of amides is 5. The van der Waals surface area contributed by atoms with Gasteiger partial charge in [-0.3, -0.25) is 30.0 Å². The number of anilines is 2. The molecule has 0 bridgehead atoms. The third-order valence-corrected chi connectivity index (χ3v) is 12.2. The number of carbonyl (C=O) groups is 5. The van der Waals surface area contributed by atoms with Crippen LogP contribution in [-0.2, 0) is 23.9 Å². The van der Waals surface area contributed by atoms with E-state index in [1.54, 1.807) is 20.8 Å². The van der Waals surface area contributed by atoms with Crippen molar-refractivity contribution in [1.29, 1.82) is 0 Å². The van der Waals surface area contributed by atoms with Crippen LogP contribution in [0.3, 0.4) is 0 Å². The Labute approximate surface area is 371 Å². The molecule has 4 aromatic rings. The molecule has 0 aromatic heterocycles. The molecule has 12 nitrogen and oxygen atoms in total. The standard InChI is InChI=1S/C28H35N3O4.C23H27N3O2/c1-17(2)24(29-27(34)35-28(3,4)5)25(32)30-31-23-13-9-8-12-21(23)19-10-6-7-11-20(19)22(26(31)33)16-18-14-15-18;1-14(2)21(24)22(27)25-26-20-10-6-5-9-18(20)16-7-3-4-8-17(16)19(23(26)28)13-15-11-12-15/h6-13,17-18,22,24H,14-16H2,1-5H3,(H,29,34)(H,30,32);3-10,14-15,19,21H,11-13,24H2,1-2H3,(H,25,27)/t22?,24-;19?,21-/m00/s1. The second kappa shape index (κ2) is 18.8. The predicted molar refractivity (Wildman–Crippen MR) is 246 cm³/mol. The highest BCUT2D eigenvalue weighted by Gasteiger charge is 2.41. The second-order valence-electron chi connectivity index (χ2n) is 19.1. The summed E-state index contributed by atoms with van der Waals surface area (Å²) in [6, 6.07) is 29.9. The van der Waals surface area contributed by atoms with E-state index in [0.717, 1.165) is 59.1 Å². The number of hydrogen-bond acceptors (Lipinski definition) is 7. The summed E-state index contributed by atoms with van der Waals surface area (Å²) in [7, 11) is 0. The Morgan fingerprint density at radius 3 is 1.41 bits per heavy atom. The zero-order valence-corrected chi connectivity index (χ0v) is 37.5.